The maximum absolute atomic E-state index is 11.1. The van der Waals surface area contributed by atoms with Gasteiger partial charge in [0.15, 0.2) is 0 Å². The van der Waals surface area contributed by atoms with Crippen LogP contribution in [0.5, 0.6) is 0 Å². The summed E-state index contributed by atoms with van der Waals surface area (Å²) in [6, 6.07) is 6.78. The minimum Gasteiger partial charge on any atom is -0.478 e. The molecule has 2 aromatic rings. The van der Waals surface area contributed by atoms with Gasteiger partial charge in [0.2, 0.25) is 0 Å². The second-order valence-electron chi connectivity index (χ2n) is 6.78. The molecular weight excluding hydrogens is 330 g/mol. The molecule has 138 valence electrons. The molecule has 26 heavy (non-hydrogen) atoms. The monoisotopic (exact) mass is 355 g/mol. The minimum absolute atomic E-state index is 0.256. The Balaban J connectivity index is 1.62. The van der Waals surface area contributed by atoms with Crippen molar-refractivity contribution in [1.29, 1.82) is 0 Å². The molecule has 0 saturated carbocycles. The van der Waals surface area contributed by atoms with Crippen LogP contribution in [-0.2, 0) is 11.2 Å². The van der Waals surface area contributed by atoms with E-state index >= 15 is 0 Å². The van der Waals surface area contributed by atoms with E-state index < -0.39 is 5.97 Å². The van der Waals surface area contributed by atoms with Crippen LogP contribution in [0.15, 0.2) is 36.7 Å². The molecule has 1 saturated heterocycles. The number of carboxylic acids is 1. The highest BCUT2D eigenvalue weighted by molar-refractivity contribution is 5.89. The number of ether oxygens (including phenoxy) is 1. The predicted octanol–water partition coefficient (Wildman–Crippen LogP) is 2.74. The topological polar surface area (TPSA) is 75.5 Å². The van der Waals surface area contributed by atoms with Gasteiger partial charge < -0.3 is 14.7 Å². The molecule has 0 aliphatic carbocycles. The van der Waals surface area contributed by atoms with Crippen LogP contribution in [0.1, 0.15) is 28.9 Å². The van der Waals surface area contributed by atoms with Gasteiger partial charge in [-0.3, -0.25) is 9.97 Å². The molecule has 0 spiro atoms. The number of likely N-dealkylation sites (tertiary alicyclic amines) is 1. The first kappa shape index (κ1) is 18.5. The number of methoxy groups -OCH3 is 1. The van der Waals surface area contributed by atoms with Crippen LogP contribution in [0.2, 0.25) is 0 Å². The number of benzene rings is 1. The Hall–Kier alpha value is -2.31. The molecule has 2 heterocycles. The van der Waals surface area contributed by atoms with Gasteiger partial charge in [0.05, 0.1) is 29.8 Å². The van der Waals surface area contributed by atoms with Gasteiger partial charge in [0, 0.05) is 32.0 Å². The van der Waals surface area contributed by atoms with Crippen LogP contribution < -0.4 is 0 Å². The fraction of sp³-hybridized carbons (Fsp3) is 0.450. The molecule has 6 heteroatoms. The number of carbonyl (C=O) groups is 1. The second kappa shape index (κ2) is 8.87. The number of hydrogen-bond acceptors (Lipinski definition) is 5. The third-order valence-electron chi connectivity index (χ3n) is 4.82. The van der Waals surface area contributed by atoms with E-state index in [2.05, 4.69) is 14.9 Å². The molecule has 1 aromatic carbocycles. The number of rotatable bonds is 7. The third-order valence-corrected chi connectivity index (χ3v) is 4.82. The van der Waals surface area contributed by atoms with Gasteiger partial charge in [-0.25, -0.2) is 4.79 Å². The van der Waals surface area contributed by atoms with Gasteiger partial charge in [-0.2, -0.15) is 0 Å². The zero-order valence-electron chi connectivity index (χ0n) is 15.1. The number of nitrogens with zero attached hydrogens (tertiary/aromatic N) is 3. The summed E-state index contributed by atoms with van der Waals surface area (Å²) in [6.07, 6.45) is 6.90. The largest absolute Gasteiger partial charge is 0.478 e. The van der Waals surface area contributed by atoms with Crippen molar-refractivity contribution in [3.05, 3.63) is 47.9 Å². The van der Waals surface area contributed by atoms with Gasteiger partial charge in [-0.1, -0.05) is 12.1 Å². The van der Waals surface area contributed by atoms with E-state index in [1.54, 1.807) is 31.5 Å². The van der Waals surface area contributed by atoms with E-state index in [0.29, 0.717) is 11.6 Å². The zero-order chi connectivity index (χ0) is 18.4. The van der Waals surface area contributed by atoms with Crippen LogP contribution in [0.4, 0.5) is 0 Å². The highest BCUT2D eigenvalue weighted by Crippen LogP contribution is 2.21. The molecule has 3 rings (SSSR count). The minimum atomic E-state index is -0.938. The van der Waals surface area contributed by atoms with Crippen LogP contribution in [0, 0.1) is 5.92 Å². The van der Waals surface area contributed by atoms with Gasteiger partial charge in [0.1, 0.15) is 0 Å². The van der Waals surface area contributed by atoms with Crippen LogP contribution in [0.25, 0.3) is 11.3 Å². The Morgan fingerprint density at radius 3 is 2.96 bits per heavy atom. The molecule has 1 aliphatic heterocycles. The Bertz CT molecular complexity index is 733. The number of aromatic nitrogens is 2. The van der Waals surface area contributed by atoms with E-state index in [4.69, 9.17) is 9.84 Å². The summed E-state index contributed by atoms with van der Waals surface area (Å²) in [4.78, 5) is 22.6. The van der Waals surface area contributed by atoms with Crippen molar-refractivity contribution in [3.63, 3.8) is 0 Å². The van der Waals surface area contributed by atoms with E-state index in [0.717, 1.165) is 43.9 Å². The highest BCUT2D eigenvalue weighted by Gasteiger charge is 2.20. The summed E-state index contributed by atoms with van der Waals surface area (Å²) in [5, 5.41) is 9.11. The molecule has 0 amide bonds. The molecule has 1 N–H and O–H groups in total. The molecule has 0 bridgehead atoms. The SMILES string of the molecule is COCCN1CCC[C@H](Cc2cnc(-c3cccc(C(=O)O)c3)cn2)C1. The van der Waals surface area contributed by atoms with Crippen LogP contribution >= 0.6 is 0 Å². The smallest absolute Gasteiger partial charge is 0.335 e. The van der Waals surface area contributed by atoms with Crippen molar-refractivity contribution in [3.8, 4) is 11.3 Å². The second-order valence-corrected chi connectivity index (χ2v) is 6.78. The Morgan fingerprint density at radius 2 is 2.23 bits per heavy atom. The molecule has 1 aliphatic rings. The van der Waals surface area contributed by atoms with Crippen molar-refractivity contribution < 1.29 is 14.6 Å². The predicted molar refractivity (Wildman–Crippen MR) is 99.2 cm³/mol. The van der Waals surface area contributed by atoms with Gasteiger partial charge in [-0.15, -0.1) is 0 Å². The lowest BCUT2D eigenvalue weighted by Gasteiger charge is -2.32. The number of hydrogen-bond donors (Lipinski definition) is 1. The summed E-state index contributed by atoms with van der Waals surface area (Å²) in [6.45, 7) is 3.98. The molecule has 0 radical (unpaired) electrons. The molecule has 1 atom stereocenters. The third kappa shape index (κ3) is 4.86. The van der Waals surface area contributed by atoms with Crippen molar-refractivity contribution >= 4 is 5.97 Å². The average molecular weight is 355 g/mol. The van der Waals surface area contributed by atoms with E-state index in [1.807, 2.05) is 12.3 Å². The van der Waals surface area contributed by atoms with Crippen LogP contribution in [0.3, 0.4) is 0 Å². The lowest BCUT2D eigenvalue weighted by atomic mass is 9.93. The van der Waals surface area contributed by atoms with Crippen molar-refractivity contribution in [1.82, 2.24) is 14.9 Å². The summed E-state index contributed by atoms with van der Waals surface area (Å²) in [5.74, 6) is -0.345. The number of carboxylic acid groups (broad SMARTS) is 1. The fourth-order valence-corrected chi connectivity index (χ4v) is 3.46. The van der Waals surface area contributed by atoms with Crippen molar-refractivity contribution in [2.24, 2.45) is 5.92 Å². The molecular formula is C20H25N3O3. The normalized spacial score (nSPS) is 18.0. The molecule has 6 nitrogen and oxygen atoms in total. The lowest BCUT2D eigenvalue weighted by Crippen LogP contribution is -2.38. The highest BCUT2D eigenvalue weighted by atomic mass is 16.5. The van der Waals surface area contributed by atoms with Gasteiger partial charge in [-0.05, 0) is 43.9 Å². The Kier molecular flexibility index (Phi) is 6.30. The summed E-state index contributed by atoms with van der Waals surface area (Å²) in [7, 11) is 1.74. The van der Waals surface area contributed by atoms with Crippen LogP contribution in [-0.4, -0.2) is 59.3 Å². The maximum Gasteiger partial charge on any atom is 0.335 e. The van der Waals surface area contributed by atoms with E-state index in [9.17, 15) is 4.79 Å². The first-order chi connectivity index (χ1) is 12.7. The molecule has 1 aromatic heterocycles. The van der Waals surface area contributed by atoms with Gasteiger partial charge >= 0.3 is 5.97 Å². The van der Waals surface area contributed by atoms with E-state index in [-0.39, 0.29) is 5.56 Å². The zero-order valence-corrected chi connectivity index (χ0v) is 15.1. The summed E-state index contributed by atoms with van der Waals surface area (Å²) in [5.41, 5.74) is 2.71. The van der Waals surface area contributed by atoms with E-state index in [1.165, 1.54) is 12.8 Å². The first-order valence-corrected chi connectivity index (χ1v) is 9.01. The lowest BCUT2D eigenvalue weighted by molar-refractivity contribution is 0.0697. The van der Waals surface area contributed by atoms with Gasteiger partial charge in [0.25, 0.3) is 0 Å². The number of aromatic carboxylic acids is 1. The average Bonchev–Trinajstić information content (AvgIpc) is 2.67. The Morgan fingerprint density at radius 1 is 1.35 bits per heavy atom. The number of piperidine rings is 1. The summed E-state index contributed by atoms with van der Waals surface area (Å²) >= 11 is 0. The molecule has 1 fully saturated rings. The standard InChI is InChI=1S/C20H25N3O3/c1-26-9-8-23-7-3-4-15(14-23)10-18-12-22-19(13-21-18)16-5-2-6-17(11-16)20(24)25/h2,5-6,11-13,15H,3-4,7-10,14H2,1H3,(H,24,25)/t15-/m1/s1. The summed E-state index contributed by atoms with van der Waals surface area (Å²) < 4.78 is 5.18. The molecule has 0 unspecified atom stereocenters. The Labute approximate surface area is 153 Å². The van der Waals surface area contributed by atoms with Crippen molar-refractivity contribution in [2.75, 3.05) is 33.4 Å². The quantitative estimate of drug-likeness (QED) is 0.823. The fourth-order valence-electron chi connectivity index (χ4n) is 3.46. The van der Waals surface area contributed by atoms with Crippen molar-refractivity contribution in [2.45, 2.75) is 19.3 Å². The first-order valence-electron chi connectivity index (χ1n) is 9.01. The maximum atomic E-state index is 11.1.